The molecule has 0 saturated carbocycles. The Morgan fingerprint density at radius 3 is 2.20 bits per heavy atom. The molecule has 1 N–H and O–H groups in total. The molecule has 114 valence electrons. The van der Waals surface area contributed by atoms with Crippen molar-refractivity contribution >= 4 is 11.6 Å². The van der Waals surface area contributed by atoms with Crippen molar-refractivity contribution in [1.82, 2.24) is 4.90 Å². The summed E-state index contributed by atoms with van der Waals surface area (Å²) >= 11 is 6.16. The second-order valence-electron chi connectivity index (χ2n) is 5.05. The van der Waals surface area contributed by atoms with Crippen LogP contribution in [0.1, 0.15) is 52.2 Å². The quantitative estimate of drug-likeness (QED) is 0.806. The molecule has 0 aliphatic heterocycles. The zero-order valence-corrected chi connectivity index (χ0v) is 13.5. The first-order valence-electron chi connectivity index (χ1n) is 7.34. The highest BCUT2D eigenvalue weighted by Gasteiger charge is 2.40. The molecule has 0 heterocycles. The van der Waals surface area contributed by atoms with Crippen molar-refractivity contribution in [3.05, 3.63) is 34.6 Å². The van der Waals surface area contributed by atoms with Crippen molar-refractivity contribution < 1.29 is 9.50 Å². The Balaban J connectivity index is 3.29. The van der Waals surface area contributed by atoms with E-state index in [1.165, 1.54) is 18.2 Å². The molecule has 0 aliphatic rings. The first kappa shape index (κ1) is 17.4. The Bertz CT molecular complexity index is 430. The van der Waals surface area contributed by atoms with Crippen LogP contribution in [-0.2, 0) is 0 Å². The number of nitrogens with zero attached hydrogens (tertiary/aromatic N) is 1. The molecule has 1 rings (SSSR count). The van der Waals surface area contributed by atoms with Gasteiger partial charge in [0.1, 0.15) is 5.82 Å². The molecule has 20 heavy (non-hydrogen) atoms. The second-order valence-corrected chi connectivity index (χ2v) is 5.46. The summed E-state index contributed by atoms with van der Waals surface area (Å²) in [5.74, 6) is -0.371. The van der Waals surface area contributed by atoms with E-state index in [4.69, 9.17) is 11.6 Å². The normalized spacial score (nSPS) is 13.8. The van der Waals surface area contributed by atoms with Crippen LogP contribution in [0, 0.1) is 5.82 Å². The van der Waals surface area contributed by atoms with Gasteiger partial charge in [0.15, 0.2) is 0 Å². The van der Waals surface area contributed by atoms with Crippen molar-refractivity contribution in [3.63, 3.8) is 0 Å². The first-order chi connectivity index (χ1) is 9.46. The topological polar surface area (TPSA) is 23.5 Å². The molecule has 4 heteroatoms. The van der Waals surface area contributed by atoms with E-state index in [0.29, 0.717) is 10.6 Å². The van der Waals surface area contributed by atoms with Crippen molar-refractivity contribution in [3.8, 4) is 0 Å². The number of aliphatic hydroxyl groups excluding tert-OH is 1. The van der Waals surface area contributed by atoms with Gasteiger partial charge in [-0.3, -0.25) is 4.90 Å². The van der Waals surface area contributed by atoms with Crippen LogP contribution in [0.25, 0.3) is 0 Å². The summed E-state index contributed by atoms with van der Waals surface area (Å²) in [6, 6.07) is 4.17. The molecular formula is C16H25ClFNO. The Morgan fingerprint density at radius 1 is 1.20 bits per heavy atom. The third-order valence-corrected chi connectivity index (χ3v) is 4.72. The second kappa shape index (κ2) is 7.39. The van der Waals surface area contributed by atoms with Gasteiger partial charge in [-0.1, -0.05) is 39.3 Å². The maximum atomic E-state index is 13.5. The van der Waals surface area contributed by atoms with Gasteiger partial charge >= 0.3 is 0 Å². The lowest BCUT2D eigenvalue weighted by atomic mass is 9.81. The molecular weight excluding hydrogens is 277 g/mol. The van der Waals surface area contributed by atoms with E-state index in [2.05, 4.69) is 32.6 Å². The molecule has 1 aromatic rings. The van der Waals surface area contributed by atoms with E-state index in [-0.39, 0.29) is 5.82 Å². The Kier molecular flexibility index (Phi) is 6.44. The van der Waals surface area contributed by atoms with Gasteiger partial charge in [-0.2, -0.15) is 0 Å². The smallest absolute Gasteiger partial charge is 0.123 e. The van der Waals surface area contributed by atoms with E-state index in [0.717, 1.165) is 25.9 Å². The molecule has 0 fully saturated rings. The third-order valence-electron chi connectivity index (χ3n) is 4.38. The summed E-state index contributed by atoms with van der Waals surface area (Å²) in [7, 11) is 0. The highest BCUT2D eigenvalue weighted by Crippen LogP contribution is 2.39. The fourth-order valence-corrected chi connectivity index (χ4v) is 3.34. The van der Waals surface area contributed by atoms with Gasteiger partial charge in [-0.25, -0.2) is 4.39 Å². The number of rotatable bonds is 7. The lowest BCUT2D eigenvalue weighted by Crippen LogP contribution is -2.52. The van der Waals surface area contributed by atoms with E-state index in [9.17, 15) is 9.50 Å². The van der Waals surface area contributed by atoms with Crippen LogP contribution >= 0.6 is 11.6 Å². The molecule has 1 atom stereocenters. The van der Waals surface area contributed by atoms with Crippen LogP contribution in [-0.4, -0.2) is 28.6 Å². The Labute approximate surface area is 126 Å². The van der Waals surface area contributed by atoms with Crippen LogP contribution in [0.15, 0.2) is 18.2 Å². The maximum absolute atomic E-state index is 13.5. The highest BCUT2D eigenvalue weighted by atomic mass is 35.5. The molecule has 0 aromatic heterocycles. The average Bonchev–Trinajstić information content (AvgIpc) is 2.46. The van der Waals surface area contributed by atoms with Gasteiger partial charge in [-0.05, 0) is 44.1 Å². The average molecular weight is 302 g/mol. The van der Waals surface area contributed by atoms with E-state index >= 15 is 0 Å². The van der Waals surface area contributed by atoms with Gasteiger partial charge in [-0.15, -0.1) is 0 Å². The van der Waals surface area contributed by atoms with Gasteiger partial charge in [0, 0.05) is 10.6 Å². The fraction of sp³-hybridized carbons (Fsp3) is 0.625. The number of hydrogen-bond acceptors (Lipinski definition) is 2. The molecule has 0 aliphatic carbocycles. The van der Waals surface area contributed by atoms with Crippen molar-refractivity contribution in [1.29, 1.82) is 0 Å². The number of likely N-dealkylation sites (N-methyl/N-ethyl adjacent to an activating group) is 1. The zero-order chi connectivity index (χ0) is 15.3. The fourth-order valence-electron chi connectivity index (χ4n) is 3.12. The summed E-state index contributed by atoms with van der Waals surface area (Å²) in [5.41, 5.74) is 0.0586. The van der Waals surface area contributed by atoms with E-state index in [1.54, 1.807) is 0 Å². The monoisotopic (exact) mass is 301 g/mol. The standard InChI is InChI=1S/C16H25ClFNO/c1-5-16(6-2,19(7-3)8-4)15(20)13-11-12(18)9-10-14(13)17/h9-11,15,20H,5-8H2,1-4H3. The maximum Gasteiger partial charge on any atom is 0.123 e. The Hall–Kier alpha value is -0.640. The molecule has 0 radical (unpaired) electrons. The van der Waals surface area contributed by atoms with Crippen LogP contribution in [0.5, 0.6) is 0 Å². The summed E-state index contributed by atoms with van der Waals surface area (Å²) in [4.78, 5) is 2.24. The number of benzene rings is 1. The lowest BCUT2D eigenvalue weighted by Gasteiger charge is -2.46. The highest BCUT2D eigenvalue weighted by molar-refractivity contribution is 6.31. The SMILES string of the molecule is CCN(CC)C(CC)(CC)C(O)c1cc(F)ccc1Cl. The van der Waals surface area contributed by atoms with Gasteiger partial charge < -0.3 is 5.11 Å². The molecule has 0 bridgehead atoms. The van der Waals surface area contributed by atoms with Crippen LogP contribution in [0.3, 0.4) is 0 Å². The van der Waals surface area contributed by atoms with Gasteiger partial charge in [0.05, 0.1) is 11.6 Å². The summed E-state index contributed by atoms with van der Waals surface area (Å²) in [6.45, 7) is 9.92. The van der Waals surface area contributed by atoms with Crippen LogP contribution in [0.2, 0.25) is 5.02 Å². The molecule has 0 saturated heterocycles. The lowest BCUT2D eigenvalue weighted by molar-refractivity contribution is -0.0366. The molecule has 0 amide bonds. The third kappa shape index (κ3) is 3.16. The van der Waals surface area contributed by atoms with Crippen molar-refractivity contribution in [2.45, 2.75) is 52.2 Å². The Morgan fingerprint density at radius 2 is 1.75 bits per heavy atom. The van der Waals surface area contributed by atoms with Crippen molar-refractivity contribution in [2.75, 3.05) is 13.1 Å². The van der Waals surface area contributed by atoms with E-state index in [1.807, 2.05) is 0 Å². The van der Waals surface area contributed by atoms with E-state index < -0.39 is 11.6 Å². The zero-order valence-electron chi connectivity index (χ0n) is 12.8. The summed E-state index contributed by atoms with van der Waals surface area (Å²) in [5, 5.41) is 11.3. The molecule has 1 unspecified atom stereocenters. The number of hydrogen-bond donors (Lipinski definition) is 1. The predicted molar refractivity (Wildman–Crippen MR) is 82.6 cm³/mol. The predicted octanol–water partition coefficient (Wildman–Crippen LogP) is 4.41. The van der Waals surface area contributed by atoms with Crippen molar-refractivity contribution in [2.24, 2.45) is 0 Å². The minimum absolute atomic E-state index is 0.371. The number of aliphatic hydroxyl groups is 1. The molecule has 1 aromatic carbocycles. The van der Waals surface area contributed by atoms with Gasteiger partial charge in [0.25, 0.3) is 0 Å². The molecule has 2 nitrogen and oxygen atoms in total. The summed E-state index contributed by atoms with van der Waals surface area (Å²) < 4.78 is 13.5. The first-order valence-corrected chi connectivity index (χ1v) is 7.72. The van der Waals surface area contributed by atoms with Gasteiger partial charge in [0.2, 0.25) is 0 Å². The summed E-state index contributed by atoms with van der Waals surface area (Å²) in [6.07, 6.45) is 0.749. The largest absolute Gasteiger partial charge is 0.386 e. The molecule has 0 spiro atoms. The minimum Gasteiger partial charge on any atom is -0.386 e. The number of halogens is 2. The minimum atomic E-state index is -0.805. The van der Waals surface area contributed by atoms with Crippen LogP contribution < -0.4 is 0 Å². The van der Waals surface area contributed by atoms with Crippen LogP contribution in [0.4, 0.5) is 4.39 Å².